The van der Waals surface area contributed by atoms with Crippen LogP contribution in [0, 0.1) is 5.92 Å². The van der Waals surface area contributed by atoms with E-state index in [1.807, 2.05) is 0 Å². The fourth-order valence-electron chi connectivity index (χ4n) is 1.81. The van der Waals surface area contributed by atoms with Crippen LogP contribution >= 0.6 is 0 Å². The maximum atomic E-state index is 11.6. The number of carbonyl (C=O) groups is 1. The van der Waals surface area contributed by atoms with Gasteiger partial charge in [0.1, 0.15) is 5.78 Å². The Balaban J connectivity index is 2.06. The maximum absolute atomic E-state index is 11.6. The highest BCUT2D eigenvalue weighted by atomic mass is 16.5. The van der Waals surface area contributed by atoms with Crippen molar-refractivity contribution in [1.82, 2.24) is 5.32 Å². The molecule has 1 N–H and O–H groups in total. The second-order valence-corrected chi connectivity index (χ2v) is 4.73. The molecule has 0 spiro atoms. The van der Waals surface area contributed by atoms with Crippen LogP contribution in [0.25, 0.3) is 0 Å². The molecule has 0 aromatic heterocycles. The van der Waals surface area contributed by atoms with Gasteiger partial charge in [0, 0.05) is 25.9 Å². The Hall–Kier alpha value is -0.410. The van der Waals surface area contributed by atoms with Crippen molar-refractivity contribution < 1.29 is 9.53 Å². The van der Waals surface area contributed by atoms with Gasteiger partial charge in [0.25, 0.3) is 0 Å². The third-order valence-electron chi connectivity index (χ3n) is 2.70. The van der Waals surface area contributed by atoms with E-state index in [0.717, 1.165) is 39.0 Å². The monoisotopic (exact) mass is 213 g/mol. The van der Waals surface area contributed by atoms with E-state index in [0.29, 0.717) is 18.1 Å². The van der Waals surface area contributed by atoms with Crippen LogP contribution in [0.1, 0.15) is 39.5 Å². The predicted molar refractivity (Wildman–Crippen MR) is 60.9 cm³/mol. The average molecular weight is 213 g/mol. The summed E-state index contributed by atoms with van der Waals surface area (Å²) in [6.07, 6.45) is 3.60. The largest absolute Gasteiger partial charge is 0.375 e. The van der Waals surface area contributed by atoms with Crippen molar-refractivity contribution in [3.05, 3.63) is 0 Å². The van der Waals surface area contributed by atoms with Crippen LogP contribution in [0.5, 0.6) is 0 Å². The molecule has 15 heavy (non-hydrogen) atoms. The van der Waals surface area contributed by atoms with Crippen molar-refractivity contribution in [3.63, 3.8) is 0 Å². The van der Waals surface area contributed by atoms with Gasteiger partial charge in [-0.15, -0.1) is 0 Å². The molecule has 0 amide bonds. The van der Waals surface area contributed by atoms with E-state index in [4.69, 9.17) is 4.74 Å². The Kier molecular flexibility index (Phi) is 5.88. The van der Waals surface area contributed by atoms with E-state index < -0.39 is 0 Å². The Morgan fingerprint density at radius 1 is 1.53 bits per heavy atom. The lowest BCUT2D eigenvalue weighted by Crippen LogP contribution is -2.39. The number of ether oxygens (including phenoxy) is 1. The van der Waals surface area contributed by atoms with Gasteiger partial charge in [-0.05, 0) is 12.3 Å². The Morgan fingerprint density at radius 2 is 2.33 bits per heavy atom. The van der Waals surface area contributed by atoms with Crippen molar-refractivity contribution >= 4 is 5.78 Å². The minimum Gasteiger partial charge on any atom is -0.375 e. The molecule has 0 radical (unpaired) electrons. The summed E-state index contributed by atoms with van der Waals surface area (Å²) in [4.78, 5) is 11.6. The highest BCUT2D eigenvalue weighted by Gasteiger charge is 2.16. The zero-order valence-corrected chi connectivity index (χ0v) is 9.92. The van der Waals surface area contributed by atoms with Gasteiger partial charge in [0.05, 0.1) is 12.7 Å². The van der Waals surface area contributed by atoms with Crippen LogP contribution in [0.3, 0.4) is 0 Å². The van der Waals surface area contributed by atoms with E-state index in [1.165, 1.54) is 0 Å². The molecule has 0 aliphatic carbocycles. The van der Waals surface area contributed by atoms with E-state index in [2.05, 4.69) is 19.2 Å². The molecule has 1 aliphatic rings. The molecule has 0 bridgehead atoms. The van der Waals surface area contributed by atoms with Gasteiger partial charge in [0.15, 0.2) is 0 Å². The zero-order valence-electron chi connectivity index (χ0n) is 9.92. The van der Waals surface area contributed by atoms with Crippen molar-refractivity contribution in [1.29, 1.82) is 0 Å². The first-order chi connectivity index (χ1) is 7.18. The highest BCUT2D eigenvalue weighted by molar-refractivity contribution is 5.78. The van der Waals surface area contributed by atoms with Crippen LogP contribution in [-0.4, -0.2) is 31.6 Å². The number of hydrogen-bond donors (Lipinski definition) is 1. The fraction of sp³-hybridized carbons (Fsp3) is 0.917. The van der Waals surface area contributed by atoms with Crippen molar-refractivity contribution in [2.24, 2.45) is 5.92 Å². The summed E-state index contributed by atoms with van der Waals surface area (Å²) in [5, 5.41) is 3.24. The number of rotatable bonds is 6. The number of carbonyl (C=O) groups excluding carboxylic acids is 1. The zero-order chi connectivity index (χ0) is 11.1. The van der Waals surface area contributed by atoms with E-state index in [9.17, 15) is 4.79 Å². The van der Waals surface area contributed by atoms with Crippen LogP contribution in [0.2, 0.25) is 0 Å². The second-order valence-electron chi connectivity index (χ2n) is 4.73. The van der Waals surface area contributed by atoms with Gasteiger partial charge in [-0.2, -0.15) is 0 Å². The van der Waals surface area contributed by atoms with Crippen LogP contribution in [-0.2, 0) is 9.53 Å². The Labute approximate surface area is 92.6 Å². The van der Waals surface area contributed by atoms with Crippen LogP contribution < -0.4 is 5.32 Å². The quantitative estimate of drug-likeness (QED) is 0.730. The molecule has 1 atom stereocenters. The van der Waals surface area contributed by atoms with Gasteiger partial charge in [-0.3, -0.25) is 4.79 Å². The smallest absolute Gasteiger partial charge is 0.135 e. The third kappa shape index (κ3) is 5.90. The molecule has 1 heterocycles. The molecule has 1 rings (SSSR count). The number of nitrogens with one attached hydrogen (secondary N) is 1. The van der Waals surface area contributed by atoms with Crippen molar-refractivity contribution in [2.75, 3.05) is 19.7 Å². The molecule has 0 aromatic rings. The summed E-state index contributed by atoms with van der Waals surface area (Å²) in [6, 6.07) is 0. The molecule has 1 fully saturated rings. The van der Waals surface area contributed by atoms with E-state index in [-0.39, 0.29) is 6.10 Å². The number of ketones is 1. The lowest BCUT2D eigenvalue weighted by atomic mass is 10.0. The molecule has 0 saturated carbocycles. The summed E-state index contributed by atoms with van der Waals surface area (Å²) < 4.78 is 5.49. The lowest BCUT2D eigenvalue weighted by molar-refractivity contribution is -0.122. The minimum atomic E-state index is 0.116. The molecule has 1 saturated heterocycles. The number of hydrogen-bond acceptors (Lipinski definition) is 3. The first-order valence-electron chi connectivity index (χ1n) is 6.02. The molecule has 1 unspecified atom stereocenters. The van der Waals surface area contributed by atoms with Gasteiger partial charge < -0.3 is 10.1 Å². The summed E-state index contributed by atoms with van der Waals surface area (Å²) >= 11 is 0. The van der Waals surface area contributed by atoms with Gasteiger partial charge in [-0.1, -0.05) is 20.3 Å². The first kappa shape index (κ1) is 12.7. The van der Waals surface area contributed by atoms with Crippen LogP contribution in [0.4, 0.5) is 0 Å². The summed E-state index contributed by atoms with van der Waals surface area (Å²) in [7, 11) is 0. The fourth-order valence-corrected chi connectivity index (χ4v) is 1.81. The third-order valence-corrected chi connectivity index (χ3v) is 2.70. The van der Waals surface area contributed by atoms with Crippen molar-refractivity contribution in [2.45, 2.75) is 45.6 Å². The minimum absolute atomic E-state index is 0.116. The molecule has 1 aliphatic heterocycles. The molecule has 3 heteroatoms. The summed E-state index contributed by atoms with van der Waals surface area (Å²) in [5.41, 5.74) is 0. The van der Waals surface area contributed by atoms with E-state index >= 15 is 0 Å². The molecular weight excluding hydrogens is 190 g/mol. The predicted octanol–water partition coefficient (Wildman–Crippen LogP) is 1.76. The molecule has 3 nitrogen and oxygen atoms in total. The van der Waals surface area contributed by atoms with Crippen LogP contribution in [0.15, 0.2) is 0 Å². The summed E-state index contributed by atoms with van der Waals surface area (Å²) in [5.74, 6) is 1.05. The maximum Gasteiger partial charge on any atom is 0.135 e. The average Bonchev–Trinajstić information content (AvgIpc) is 2.18. The van der Waals surface area contributed by atoms with Gasteiger partial charge >= 0.3 is 0 Å². The van der Waals surface area contributed by atoms with E-state index in [1.54, 1.807) is 0 Å². The molecule has 0 aromatic carbocycles. The second kappa shape index (κ2) is 6.96. The Bertz CT molecular complexity index is 186. The van der Waals surface area contributed by atoms with Crippen molar-refractivity contribution in [3.8, 4) is 0 Å². The topological polar surface area (TPSA) is 38.3 Å². The standard InChI is InChI=1S/C12H23NO2/c1-10(2)4-3-5-11(14)8-12-9-13-6-7-15-12/h10,12-13H,3-9H2,1-2H3. The molecule has 88 valence electrons. The summed E-state index contributed by atoms with van der Waals surface area (Å²) in [6.45, 7) is 6.87. The highest BCUT2D eigenvalue weighted by Crippen LogP contribution is 2.10. The van der Waals surface area contributed by atoms with Gasteiger partial charge in [-0.25, -0.2) is 0 Å². The molecular formula is C12H23NO2. The normalized spacial score (nSPS) is 21.9. The SMILES string of the molecule is CC(C)CCCC(=O)CC1CNCCO1. The Morgan fingerprint density at radius 3 is 2.93 bits per heavy atom. The number of Topliss-reactive ketones (excluding diaryl/α,β-unsaturated/α-hetero) is 1. The number of morpholine rings is 1. The van der Waals surface area contributed by atoms with Gasteiger partial charge in [0.2, 0.25) is 0 Å². The lowest BCUT2D eigenvalue weighted by Gasteiger charge is -2.22. The first-order valence-corrected chi connectivity index (χ1v) is 6.02.